The third-order valence-corrected chi connectivity index (χ3v) is 4.16. The van der Waals surface area contributed by atoms with Gasteiger partial charge in [-0.15, -0.1) is 10.2 Å². The zero-order valence-electron chi connectivity index (χ0n) is 13.6. The Morgan fingerprint density at radius 2 is 1.96 bits per heavy atom. The molecule has 1 aromatic carbocycles. The van der Waals surface area contributed by atoms with Gasteiger partial charge in [-0.2, -0.15) is 0 Å². The van der Waals surface area contributed by atoms with Gasteiger partial charge in [0.25, 0.3) is 0 Å². The van der Waals surface area contributed by atoms with E-state index in [1.807, 2.05) is 46.9 Å². The number of pyridine rings is 1. The maximum absolute atomic E-state index is 6.15. The summed E-state index contributed by atoms with van der Waals surface area (Å²) in [5, 5.41) is 9.52. The van der Waals surface area contributed by atoms with Crippen LogP contribution in [0, 0.1) is 0 Å². The van der Waals surface area contributed by atoms with Crippen LogP contribution in [-0.4, -0.2) is 9.38 Å². The van der Waals surface area contributed by atoms with Crippen LogP contribution in [0.2, 0.25) is 5.02 Å². The van der Waals surface area contributed by atoms with Gasteiger partial charge in [0.2, 0.25) is 0 Å². The highest BCUT2D eigenvalue weighted by molar-refractivity contribution is 6.30. The van der Waals surface area contributed by atoms with E-state index in [4.69, 9.17) is 16.0 Å². The molecule has 0 aliphatic rings. The summed E-state index contributed by atoms with van der Waals surface area (Å²) in [6.45, 7) is 2.09. The van der Waals surface area contributed by atoms with Crippen molar-refractivity contribution in [2.45, 2.75) is 13.3 Å². The second-order valence-electron chi connectivity index (χ2n) is 5.52. The topological polar surface area (TPSA) is 55.2 Å². The predicted octanol–water partition coefficient (Wildman–Crippen LogP) is 6.23. The van der Waals surface area contributed by atoms with Crippen LogP contribution in [0.15, 0.2) is 75.6 Å². The van der Waals surface area contributed by atoms with E-state index in [-0.39, 0.29) is 0 Å². The molecule has 0 fully saturated rings. The number of aryl methyl sites for hydroxylation is 1. The zero-order valence-corrected chi connectivity index (χ0v) is 14.3. The van der Waals surface area contributed by atoms with Crippen molar-refractivity contribution in [2.24, 2.45) is 10.2 Å². The van der Waals surface area contributed by atoms with Crippen LogP contribution in [0.4, 0.5) is 11.5 Å². The SMILES string of the molecule is CCc1ccccc1N=Nc1c(-c2ccco2)nc2ccc(Cl)cn12. The fourth-order valence-corrected chi connectivity index (χ4v) is 2.85. The van der Waals surface area contributed by atoms with Crippen LogP contribution in [0.5, 0.6) is 0 Å². The van der Waals surface area contributed by atoms with Gasteiger partial charge in [0.15, 0.2) is 17.3 Å². The maximum Gasteiger partial charge on any atom is 0.190 e. The van der Waals surface area contributed by atoms with Gasteiger partial charge < -0.3 is 4.42 Å². The van der Waals surface area contributed by atoms with E-state index in [0.717, 1.165) is 23.3 Å². The molecule has 0 amide bonds. The third kappa shape index (κ3) is 2.94. The number of aromatic nitrogens is 2. The van der Waals surface area contributed by atoms with Crippen molar-refractivity contribution in [2.75, 3.05) is 0 Å². The lowest BCUT2D eigenvalue weighted by atomic mass is 10.1. The molecule has 0 radical (unpaired) electrons. The number of halogens is 1. The lowest BCUT2D eigenvalue weighted by Gasteiger charge is -2.01. The molecule has 0 unspecified atom stereocenters. The molecule has 0 atom stereocenters. The molecule has 25 heavy (non-hydrogen) atoms. The van der Waals surface area contributed by atoms with Gasteiger partial charge in [0, 0.05) is 6.20 Å². The van der Waals surface area contributed by atoms with Crippen LogP contribution in [0.25, 0.3) is 17.1 Å². The Hall–Kier alpha value is -2.92. The molecule has 6 heteroatoms. The third-order valence-electron chi connectivity index (χ3n) is 3.94. The minimum absolute atomic E-state index is 0.582. The maximum atomic E-state index is 6.15. The molecule has 4 aromatic rings. The van der Waals surface area contributed by atoms with Crippen molar-refractivity contribution in [1.82, 2.24) is 9.38 Å². The average molecular weight is 351 g/mol. The molecule has 0 bridgehead atoms. The molecule has 0 saturated heterocycles. The van der Waals surface area contributed by atoms with Crippen LogP contribution >= 0.6 is 11.6 Å². The molecule has 0 spiro atoms. The molecule has 3 aromatic heterocycles. The summed E-state index contributed by atoms with van der Waals surface area (Å²) in [7, 11) is 0. The summed E-state index contributed by atoms with van der Waals surface area (Å²) in [6, 6.07) is 15.3. The van der Waals surface area contributed by atoms with Gasteiger partial charge in [0.05, 0.1) is 17.0 Å². The number of furan rings is 1. The summed E-state index contributed by atoms with van der Waals surface area (Å²) in [5.41, 5.74) is 3.34. The highest BCUT2D eigenvalue weighted by Crippen LogP contribution is 2.33. The first-order chi connectivity index (χ1) is 12.3. The highest BCUT2D eigenvalue weighted by atomic mass is 35.5. The molecular weight excluding hydrogens is 336 g/mol. The van der Waals surface area contributed by atoms with E-state index >= 15 is 0 Å². The summed E-state index contributed by atoms with van der Waals surface area (Å²) in [6.07, 6.45) is 4.27. The number of rotatable bonds is 4. The largest absolute Gasteiger partial charge is 0.463 e. The second-order valence-corrected chi connectivity index (χ2v) is 5.96. The van der Waals surface area contributed by atoms with E-state index < -0.39 is 0 Å². The Labute approximate surface area is 149 Å². The summed E-state index contributed by atoms with van der Waals surface area (Å²) >= 11 is 6.15. The normalized spacial score (nSPS) is 11.6. The number of hydrogen-bond donors (Lipinski definition) is 0. The molecule has 0 aliphatic heterocycles. The quantitative estimate of drug-likeness (QED) is 0.410. The van der Waals surface area contributed by atoms with Gasteiger partial charge in [-0.3, -0.25) is 4.40 Å². The average Bonchev–Trinajstić information content (AvgIpc) is 3.27. The second kappa shape index (κ2) is 6.53. The van der Waals surface area contributed by atoms with Gasteiger partial charge in [-0.05, 0) is 42.3 Å². The lowest BCUT2D eigenvalue weighted by Crippen LogP contribution is -1.83. The van der Waals surface area contributed by atoms with E-state index in [1.54, 1.807) is 18.5 Å². The number of azo groups is 1. The first kappa shape index (κ1) is 15.6. The molecule has 0 aliphatic carbocycles. The molecule has 4 rings (SSSR count). The first-order valence-electron chi connectivity index (χ1n) is 7.97. The molecule has 3 heterocycles. The van der Waals surface area contributed by atoms with E-state index in [2.05, 4.69) is 22.1 Å². The number of benzene rings is 1. The number of imidazole rings is 1. The summed E-state index contributed by atoms with van der Waals surface area (Å²) < 4.78 is 7.32. The van der Waals surface area contributed by atoms with Crippen LogP contribution < -0.4 is 0 Å². The molecule has 124 valence electrons. The van der Waals surface area contributed by atoms with Gasteiger partial charge in [0.1, 0.15) is 5.65 Å². The van der Waals surface area contributed by atoms with Gasteiger partial charge in [-0.25, -0.2) is 4.98 Å². The van der Waals surface area contributed by atoms with Gasteiger partial charge >= 0.3 is 0 Å². The molecule has 0 saturated carbocycles. The predicted molar refractivity (Wildman–Crippen MR) is 97.9 cm³/mol. The number of nitrogens with zero attached hydrogens (tertiary/aromatic N) is 4. The Morgan fingerprint density at radius 3 is 2.76 bits per heavy atom. The number of hydrogen-bond acceptors (Lipinski definition) is 4. The Bertz CT molecular complexity index is 1050. The van der Waals surface area contributed by atoms with Crippen molar-refractivity contribution in [3.8, 4) is 11.5 Å². The van der Waals surface area contributed by atoms with Crippen LogP contribution in [0.1, 0.15) is 12.5 Å². The van der Waals surface area contributed by atoms with E-state index in [9.17, 15) is 0 Å². The van der Waals surface area contributed by atoms with Crippen LogP contribution in [0.3, 0.4) is 0 Å². The van der Waals surface area contributed by atoms with Crippen molar-refractivity contribution >= 4 is 28.8 Å². The van der Waals surface area contributed by atoms with Crippen molar-refractivity contribution in [3.05, 3.63) is 71.6 Å². The summed E-state index contributed by atoms with van der Waals surface area (Å²) in [4.78, 5) is 4.61. The Balaban J connectivity index is 1.89. The standard InChI is InChI=1S/C19H15ClN4O/c1-2-13-6-3-4-7-15(13)22-23-19-18(16-8-5-11-25-16)21-17-10-9-14(20)12-24(17)19/h3-12H,2H2,1H3. The van der Waals surface area contributed by atoms with E-state index in [0.29, 0.717) is 22.3 Å². The van der Waals surface area contributed by atoms with Crippen molar-refractivity contribution < 1.29 is 4.42 Å². The minimum atomic E-state index is 0.582. The number of fused-ring (bicyclic) bond motifs is 1. The Morgan fingerprint density at radius 1 is 1.08 bits per heavy atom. The smallest absolute Gasteiger partial charge is 0.190 e. The fraction of sp³-hybridized carbons (Fsp3) is 0.105. The minimum Gasteiger partial charge on any atom is -0.463 e. The first-order valence-corrected chi connectivity index (χ1v) is 8.35. The highest BCUT2D eigenvalue weighted by Gasteiger charge is 2.16. The van der Waals surface area contributed by atoms with Crippen LogP contribution in [-0.2, 0) is 6.42 Å². The molecule has 5 nitrogen and oxygen atoms in total. The monoisotopic (exact) mass is 350 g/mol. The molecule has 0 N–H and O–H groups in total. The lowest BCUT2D eigenvalue weighted by molar-refractivity contribution is 0.580. The van der Waals surface area contributed by atoms with Crippen molar-refractivity contribution in [3.63, 3.8) is 0 Å². The van der Waals surface area contributed by atoms with Gasteiger partial charge in [-0.1, -0.05) is 36.7 Å². The zero-order chi connectivity index (χ0) is 17.2. The summed E-state index contributed by atoms with van der Waals surface area (Å²) in [5.74, 6) is 1.22. The van der Waals surface area contributed by atoms with E-state index in [1.165, 1.54) is 0 Å². The Kier molecular flexibility index (Phi) is 4.07. The fourth-order valence-electron chi connectivity index (χ4n) is 2.69. The molecular formula is C19H15ClN4O. The van der Waals surface area contributed by atoms with Crippen molar-refractivity contribution in [1.29, 1.82) is 0 Å².